The minimum atomic E-state index is -4.96. The molecule has 4 unspecified atom stereocenters. The molecule has 0 fully saturated rings. The van der Waals surface area contributed by atoms with Gasteiger partial charge in [-0.05, 0) is 43.4 Å². The van der Waals surface area contributed by atoms with Gasteiger partial charge in [0.05, 0.1) is 26.4 Å². The van der Waals surface area contributed by atoms with Crippen LogP contribution < -0.4 is 0 Å². The number of hydrogen-bond donors (Lipinski definition) is 3. The Balaban J connectivity index is 5.22. The Morgan fingerprint density at radius 3 is 0.752 bits per heavy atom. The molecule has 0 amide bonds. The van der Waals surface area contributed by atoms with Crippen LogP contribution >= 0.6 is 15.6 Å². The number of hydrogen-bond acceptors (Lipinski definition) is 15. The van der Waals surface area contributed by atoms with Crippen LogP contribution in [-0.4, -0.2) is 96.7 Å². The van der Waals surface area contributed by atoms with E-state index in [2.05, 4.69) is 48.5 Å². The van der Waals surface area contributed by atoms with E-state index in [1.54, 1.807) is 0 Å². The maximum Gasteiger partial charge on any atom is 0.472 e. The highest BCUT2D eigenvalue weighted by molar-refractivity contribution is 7.47. The molecule has 0 aliphatic carbocycles. The lowest BCUT2D eigenvalue weighted by Crippen LogP contribution is -2.30. The van der Waals surface area contributed by atoms with Crippen LogP contribution in [0.1, 0.15) is 427 Å². The normalized spacial score (nSPS) is 14.5. The van der Waals surface area contributed by atoms with Crippen molar-refractivity contribution in [1.82, 2.24) is 0 Å². The average Bonchev–Trinajstić information content (AvgIpc) is 0.938. The van der Waals surface area contributed by atoms with E-state index in [0.29, 0.717) is 25.7 Å². The number of carbonyl (C=O) groups is 4. The van der Waals surface area contributed by atoms with E-state index < -0.39 is 97.5 Å². The molecule has 0 aliphatic heterocycles. The predicted octanol–water partition coefficient (Wildman–Crippen LogP) is 24.5. The monoisotopic (exact) mass is 1480 g/mol. The number of esters is 4. The number of unbranched alkanes of at least 4 members (excludes halogenated alkanes) is 46. The van der Waals surface area contributed by atoms with Crippen molar-refractivity contribution in [2.75, 3.05) is 39.6 Å². The van der Waals surface area contributed by atoms with Crippen molar-refractivity contribution < 1.29 is 80.2 Å². The molecule has 7 atom stereocenters. The zero-order valence-corrected chi connectivity index (χ0v) is 68.2. The number of phosphoric acid groups is 2. The van der Waals surface area contributed by atoms with Crippen molar-refractivity contribution in [3.05, 3.63) is 0 Å². The number of ether oxygens (including phenoxy) is 4. The molecule has 17 nitrogen and oxygen atoms in total. The van der Waals surface area contributed by atoms with Crippen molar-refractivity contribution in [2.45, 2.75) is 446 Å². The molecule has 19 heteroatoms. The summed E-state index contributed by atoms with van der Waals surface area (Å²) in [5.74, 6) is 0.203. The van der Waals surface area contributed by atoms with Gasteiger partial charge in [0.15, 0.2) is 12.2 Å². The number of carbonyl (C=O) groups excluding carboxylic acids is 4. The van der Waals surface area contributed by atoms with E-state index in [-0.39, 0.29) is 25.7 Å². The highest BCUT2D eigenvalue weighted by Gasteiger charge is 2.30. The van der Waals surface area contributed by atoms with E-state index in [1.165, 1.54) is 231 Å². The van der Waals surface area contributed by atoms with Crippen molar-refractivity contribution >= 4 is 39.5 Å². The quantitative estimate of drug-likeness (QED) is 0.0222. The number of aliphatic hydroxyl groups excluding tert-OH is 1. The van der Waals surface area contributed by atoms with Gasteiger partial charge in [0.25, 0.3) is 0 Å². The Kier molecular flexibility index (Phi) is 70.9. The van der Waals surface area contributed by atoms with E-state index >= 15 is 0 Å². The van der Waals surface area contributed by atoms with Gasteiger partial charge in [0.2, 0.25) is 0 Å². The molecule has 0 radical (unpaired) electrons. The molecule has 0 aromatic rings. The zero-order chi connectivity index (χ0) is 74.4. The van der Waals surface area contributed by atoms with Gasteiger partial charge in [-0.25, -0.2) is 9.13 Å². The fourth-order valence-electron chi connectivity index (χ4n) is 12.6. The summed E-state index contributed by atoms with van der Waals surface area (Å²) in [6.07, 6.45) is 61.1. The molecule has 101 heavy (non-hydrogen) atoms. The molecule has 3 N–H and O–H groups in total. The summed E-state index contributed by atoms with van der Waals surface area (Å²) in [5, 5.41) is 10.6. The first-order chi connectivity index (χ1) is 48.8. The highest BCUT2D eigenvalue weighted by Crippen LogP contribution is 2.45. The minimum Gasteiger partial charge on any atom is -0.462 e. The topological polar surface area (TPSA) is 237 Å². The minimum absolute atomic E-state index is 0.105. The zero-order valence-electron chi connectivity index (χ0n) is 66.4. The van der Waals surface area contributed by atoms with Crippen molar-refractivity contribution in [2.24, 2.45) is 17.8 Å². The molecule has 0 aromatic carbocycles. The standard InChI is InChI=1S/C82H160O17P2/c1-8-11-12-13-14-15-16-17-18-19-20-21-22-23-24-25-26-31-37-42-51-58-65-81(86)98-77(69-92-79(84)63-56-49-41-36-30-28-27-29-34-39-46-53-60-73(4)5)71-96-100(88,89)94-67-76(83)68-95-101(90,91)97-72-78(70-93-80(85)64-57-50-45-44-48-55-62-75(7)10-3)99-82(87)66-59-52-43-38-33-32-35-40-47-54-61-74(6)9-2/h73-78,83H,8-72H2,1-7H3,(H,88,89)(H,90,91)/t74?,75?,76-,77-,78-/m1/s1. The molecule has 0 spiro atoms. The van der Waals surface area contributed by atoms with Gasteiger partial charge >= 0.3 is 39.5 Å². The summed E-state index contributed by atoms with van der Waals surface area (Å²) < 4.78 is 68.7. The van der Waals surface area contributed by atoms with Crippen LogP contribution in [0, 0.1) is 17.8 Å². The molecule has 0 bridgehead atoms. The number of rotatable bonds is 80. The van der Waals surface area contributed by atoms with Gasteiger partial charge < -0.3 is 33.8 Å². The third kappa shape index (κ3) is 73.4. The highest BCUT2D eigenvalue weighted by atomic mass is 31.2. The molecular formula is C82H160O17P2. The van der Waals surface area contributed by atoms with E-state index in [9.17, 15) is 43.2 Å². The molecule has 0 rings (SSSR count). The summed E-state index contributed by atoms with van der Waals surface area (Å²) in [6.45, 7) is 11.9. The maximum atomic E-state index is 13.1. The SMILES string of the molecule is CCCCCCCCCCCCCCCCCCCCCCCCC(=O)O[C@H](COC(=O)CCCCCCCCCCCCCCC(C)C)COP(=O)(O)OC[C@@H](O)COP(=O)(O)OC[C@@H](COC(=O)CCCCCCCCC(C)CC)OC(=O)CCCCCCCCCCCCC(C)CC. The van der Waals surface area contributed by atoms with Crippen LogP contribution in [0.5, 0.6) is 0 Å². The van der Waals surface area contributed by atoms with Gasteiger partial charge in [-0.1, -0.05) is 376 Å². The Labute approximate surface area is 619 Å². The summed E-state index contributed by atoms with van der Waals surface area (Å²) in [5.41, 5.74) is 0. The van der Waals surface area contributed by atoms with Crippen LogP contribution in [-0.2, 0) is 65.4 Å². The summed E-state index contributed by atoms with van der Waals surface area (Å²) in [6, 6.07) is 0. The second-order valence-electron chi connectivity index (χ2n) is 30.5. The first kappa shape index (κ1) is 99.1. The first-order valence-electron chi connectivity index (χ1n) is 42.4. The van der Waals surface area contributed by atoms with E-state index in [0.717, 1.165) is 114 Å². The van der Waals surface area contributed by atoms with Crippen molar-refractivity contribution in [3.8, 4) is 0 Å². The Bertz CT molecular complexity index is 1960. The lowest BCUT2D eigenvalue weighted by atomic mass is 9.99. The van der Waals surface area contributed by atoms with Gasteiger partial charge in [-0.2, -0.15) is 0 Å². The summed E-state index contributed by atoms with van der Waals surface area (Å²) >= 11 is 0. The smallest absolute Gasteiger partial charge is 0.462 e. The van der Waals surface area contributed by atoms with Crippen LogP contribution in [0.3, 0.4) is 0 Å². The van der Waals surface area contributed by atoms with Crippen LogP contribution in [0.2, 0.25) is 0 Å². The van der Waals surface area contributed by atoms with E-state index in [1.807, 2.05) is 0 Å². The van der Waals surface area contributed by atoms with Gasteiger partial charge in [0.1, 0.15) is 19.3 Å². The van der Waals surface area contributed by atoms with Crippen LogP contribution in [0.25, 0.3) is 0 Å². The second kappa shape index (κ2) is 72.3. The van der Waals surface area contributed by atoms with E-state index in [4.69, 9.17) is 37.0 Å². The largest absolute Gasteiger partial charge is 0.472 e. The molecule has 0 aromatic heterocycles. The van der Waals surface area contributed by atoms with Gasteiger partial charge in [-0.3, -0.25) is 37.3 Å². The molecule has 0 saturated carbocycles. The van der Waals surface area contributed by atoms with Gasteiger partial charge in [-0.15, -0.1) is 0 Å². The fourth-order valence-corrected chi connectivity index (χ4v) is 14.2. The third-order valence-corrected chi connectivity index (χ3v) is 21.8. The van der Waals surface area contributed by atoms with Crippen molar-refractivity contribution in [1.29, 1.82) is 0 Å². The number of aliphatic hydroxyl groups is 1. The third-order valence-electron chi connectivity index (χ3n) is 19.9. The second-order valence-corrected chi connectivity index (χ2v) is 33.4. The van der Waals surface area contributed by atoms with Crippen molar-refractivity contribution in [3.63, 3.8) is 0 Å². The Morgan fingerprint density at radius 2 is 0.505 bits per heavy atom. The predicted molar refractivity (Wildman–Crippen MR) is 414 cm³/mol. The molecule has 0 aliphatic rings. The maximum absolute atomic E-state index is 13.1. The average molecular weight is 1480 g/mol. The molecule has 0 saturated heterocycles. The first-order valence-corrected chi connectivity index (χ1v) is 45.4. The van der Waals surface area contributed by atoms with Crippen LogP contribution in [0.4, 0.5) is 0 Å². The molecule has 0 heterocycles. The Hall–Kier alpha value is -1.94. The lowest BCUT2D eigenvalue weighted by Gasteiger charge is -2.21. The summed E-state index contributed by atoms with van der Waals surface area (Å²) in [4.78, 5) is 73.0. The molecular weight excluding hydrogens is 1320 g/mol. The Morgan fingerprint density at radius 1 is 0.287 bits per heavy atom. The summed E-state index contributed by atoms with van der Waals surface area (Å²) in [7, 11) is -9.92. The van der Waals surface area contributed by atoms with Gasteiger partial charge in [0, 0.05) is 25.7 Å². The number of phosphoric ester groups is 2. The lowest BCUT2D eigenvalue weighted by molar-refractivity contribution is -0.161. The fraction of sp³-hybridized carbons (Fsp3) is 0.951. The van der Waals surface area contributed by atoms with Crippen LogP contribution in [0.15, 0.2) is 0 Å². The molecule has 600 valence electrons.